The Kier molecular flexibility index (Phi) is 5.92. The van der Waals surface area contributed by atoms with Gasteiger partial charge in [-0.25, -0.2) is 0 Å². The van der Waals surface area contributed by atoms with Gasteiger partial charge in [0.05, 0.1) is 5.56 Å². The van der Waals surface area contributed by atoms with E-state index in [1.54, 1.807) is 12.1 Å². The van der Waals surface area contributed by atoms with Crippen molar-refractivity contribution < 1.29 is 23.0 Å². The molecule has 2 rings (SSSR count). The predicted octanol–water partition coefficient (Wildman–Crippen LogP) is 2.83. The van der Waals surface area contributed by atoms with Crippen molar-refractivity contribution in [2.75, 3.05) is 19.8 Å². The molecule has 1 amide bonds. The normalized spacial score (nSPS) is 14.2. The fourth-order valence-corrected chi connectivity index (χ4v) is 1.86. The van der Waals surface area contributed by atoms with Gasteiger partial charge in [-0.2, -0.15) is 8.78 Å². The van der Waals surface area contributed by atoms with Gasteiger partial charge in [-0.1, -0.05) is 12.1 Å². The van der Waals surface area contributed by atoms with E-state index in [0.717, 1.165) is 12.5 Å². The summed E-state index contributed by atoms with van der Waals surface area (Å²) in [5, 5.41) is 2.67. The average molecular weight is 299 g/mol. The molecule has 116 valence electrons. The molecule has 0 aromatic heterocycles. The number of hydrogen-bond donors (Lipinski definition) is 1. The minimum atomic E-state index is -2.95. The molecule has 1 N–H and O–H groups in total. The minimum Gasteiger partial charge on any atom is -0.434 e. The Bertz CT molecular complexity index is 464. The fraction of sp³-hybridized carbons (Fsp3) is 0.533. The van der Waals surface area contributed by atoms with Gasteiger partial charge in [0.25, 0.3) is 5.91 Å². The Labute approximate surface area is 122 Å². The van der Waals surface area contributed by atoms with E-state index in [9.17, 15) is 13.6 Å². The quantitative estimate of drug-likeness (QED) is 0.713. The lowest BCUT2D eigenvalue weighted by Gasteiger charge is -2.10. The first-order valence-corrected chi connectivity index (χ1v) is 7.06. The van der Waals surface area contributed by atoms with E-state index >= 15 is 0 Å². The maximum absolute atomic E-state index is 12.3. The number of nitrogens with one attached hydrogen (secondary N) is 1. The molecule has 0 heterocycles. The summed E-state index contributed by atoms with van der Waals surface area (Å²) in [5.74, 6) is 0.182. The highest BCUT2D eigenvalue weighted by Gasteiger charge is 2.20. The monoisotopic (exact) mass is 299 g/mol. The van der Waals surface area contributed by atoms with Crippen molar-refractivity contribution in [1.29, 1.82) is 0 Å². The number of para-hydroxylation sites is 1. The molecule has 0 bridgehead atoms. The molecule has 1 aliphatic rings. The van der Waals surface area contributed by atoms with Crippen LogP contribution in [0.4, 0.5) is 8.78 Å². The molecular weight excluding hydrogens is 280 g/mol. The Morgan fingerprint density at radius 2 is 2.10 bits per heavy atom. The summed E-state index contributed by atoms with van der Waals surface area (Å²) in [6.07, 6.45) is 3.19. The van der Waals surface area contributed by atoms with Crippen molar-refractivity contribution in [2.45, 2.75) is 25.9 Å². The third kappa shape index (κ3) is 5.67. The van der Waals surface area contributed by atoms with E-state index in [1.165, 1.54) is 25.0 Å². The molecule has 1 saturated carbocycles. The molecule has 0 radical (unpaired) electrons. The maximum Gasteiger partial charge on any atom is 0.387 e. The van der Waals surface area contributed by atoms with Crippen LogP contribution in [0.25, 0.3) is 0 Å². The first-order valence-electron chi connectivity index (χ1n) is 7.06. The molecule has 0 saturated heterocycles. The van der Waals surface area contributed by atoms with Crippen LogP contribution < -0.4 is 10.1 Å². The van der Waals surface area contributed by atoms with Gasteiger partial charge in [0, 0.05) is 19.8 Å². The van der Waals surface area contributed by atoms with Crippen molar-refractivity contribution in [1.82, 2.24) is 5.32 Å². The van der Waals surface area contributed by atoms with E-state index < -0.39 is 12.5 Å². The van der Waals surface area contributed by atoms with Gasteiger partial charge in [0.15, 0.2) is 0 Å². The Morgan fingerprint density at radius 3 is 2.81 bits per heavy atom. The van der Waals surface area contributed by atoms with Crippen LogP contribution in [0.15, 0.2) is 24.3 Å². The topological polar surface area (TPSA) is 47.6 Å². The average Bonchev–Trinajstić information content (AvgIpc) is 3.26. The smallest absolute Gasteiger partial charge is 0.387 e. The van der Waals surface area contributed by atoms with E-state index in [-0.39, 0.29) is 11.3 Å². The van der Waals surface area contributed by atoms with Crippen molar-refractivity contribution >= 4 is 5.91 Å². The Morgan fingerprint density at radius 1 is 1.33 bits per heavy atom. The van der Waals surface area contributed by atoms with E-state index in [2.05, 4.69) is 10.1 Å². The van der Waals surface area contributed by atoms with Crippen LogP contribution in [0, 0.1) is 5.92 Å². The number of carbonyl (C=O) groups excluding carboxylic acids is 1. The third-order valence-electron chi connectivity index (χ3n) is 3.15. The predicted molar refractivity (Wildman–Crippen MR) is 73.6 cm³/mol. The lowest BCUT2D eigenvalue weighted by molar-refractivity contribution is -0.0501. The molecule has 4 nitrogen and oxygen atoms in total. The Hall–Kier alpha value is -1.69. The van der Waals surface area contributed by atoms with Gasteiger partial charge in [0.2, 0.25) is 0 Å². The van der Waals surface area contributed by atoms with Crippen molar-refractivity contribution in [3.63, 3.8) is 0 Å². The molecule has 21 heavy (non-hydrogen) atoms. The lowest BCUT2D eigenvalue weighted by Crippen LogP contribution is -2.26. The van der Waals surface area contributed by atoms with Crippen LogP contribution in [0.3, 0.4) is 0 Å². The van der Waals surface area contributed by atoms with Crippen molar-refractivity contribution in [3.05, 3.63) is 29.8 Å². The van der Waals surface area contributed by atoms with E-state index in [0.29, 0.717) is 19.6 Å². The summed E-state index contributed by atoms with van der Waals surface area (Å²) in [6.45, 7) is -1.13. The number of carbonyl (C=O) groups is 1. The van der Waals surface area contributed by atoms with Crippen LogP contribution >= 0.6 is 0 Å². The number of ether oxygens (including phenoxy) is 2. The second-order valence-corrected chi connectivity index (χ2v) is 5.00. The summed E-state index contributed by atoms with van der Waals surface area (Å²) in [6, 6.07) is 5.95. The first kappa shape index (κ1) is 15.7. The molecule has 0 unspecified atom stereocenters. The standard InChI is InChI=1S/C15H19F2NO3/c16-15(17)21-13-5-2-1-4-12(13)14(19)18-8-3-9-20-10-11-6-7-11/h1-2,4-5,11,15H,3,6-10H2,(H,18,19). The largest absolute Gasteiger partial charge is 0.434 e. The summed E-state index contributed by atoms with van der Waals surface area (Å²) in [4.78, 5) is 11.9. The lowest BCUT2D eigenvalue weighted by atomic mass is 10.2. The van der Waals surface area contributed by atoms with Gasteiger partial charge in [-0.05, 0) is 37.3 Å². The van der Waals surface area contributed by atoms with Crippen molar-refractivity contribution in [2.24, 2.45) is 5.92 Å². The minimum absolute atomic E-state index is 0.108. The molecule has 0 aliphatic heterocycles. The molecular formula is C15H19F2NO3. The van der Waals surface area contributed by atoms with Gasteiger partial charge < -0.3 is 14.8 Å². The van der Waals surface area contributed by atoms with Crippen LogP contribution in [0.5, 0.6) is 5.75 Å². The first-order chi connectivity index (χ1) is 10.2. The fourth-order valence-electron chi connectivity index (χ4n) is 1.86. The van der Waals surface area contributed by atoms with E-state index in [4.69, 9.17) is 4.74 Å². The number of benzene rings is 1. The maximum atomic E-state index is 12.3. The molecule has 1 fully saturated rings. The number of amides is 1. The molecule has 1 aliphatic carbocycles. The van der Waals surface area contributed by atoms with Crippen LogP contribution in [0.1, 0.15) is 29.6 Å². The summed E-state index contributed by atoms with van der Waals surface area (Å²) in [5.41, 5.74) is 0.108. The number of rotatable bonds is 9. The highest BCUT2D eigenvalue weighted by atomic mass is 19.3. The number of alkyl halides is 2. The SMILES string of the molecule is O=C(NCCCOCC1CC1)c1ccccc1OC(F)F. The van der Waals surface area contributed by atoms with Crippen LogP contribution in [-0.4, -0.2) is 32.3 Å². The summed E-state index contributed by atoms with van der Waals surface area (Å²) in [7, 11) is 0. The second-order valence-electron chi connectivity index (χ2n) is 5.00. The van der Waals surface area contributed by atoms with Crippen LogP contribution in [-0.2, 0) is 4.74 Å². The van der Waals surface area contributed by atoms with Crippen molar-refractivity contribution in [3.8, 4) is 5.75 Å². The zero-order valence-electron chi connectivity index (χ0n) is 11.7. The molecule has 0 spiro atoms. The van der Waals surface area contributed by atoms with Gasteiger partial charge in [-0.15, -0.1) is 0 Å². The highest BCUT2D eigenvalue weighted by molar-refractivity contribution is 5.96. The third-order valence-corrected chi connectivity index (χ3v) is 3.15. The van der Waals surface area contributed by atoms with Gasteiger partial charge in [0.1, 0.15) is 5.75 Å². The van der Waals surface area contributed by atoms with E-state index in [1.807, 2.05) is 0 Å². The molecule has 0 atom stereocenters. The second kappa shape index (κ2) is 7.93. The molecule has 1 aromatic carbocycles. The van der Waals surface area contributed by atoms with Gasteiger partial charge >= 0.3 is 6.61 Å². The molecule has 1 aromatic rings. The Balaban J connectivity index is 1.71. The number of hydrogen-bond acceptors (Lipinski definition) is 3. The zero-order valence-corrected chi connectivity index (χ0v) is 11.7. The summed E-state index contributed by atoms with van der Waals surface area (Å²) >= 11 is 0. The highest BCUT2D eigenvalue weighted by Crippen LogP contribution is 2.28. The zero-order chi connectivity index (χ0) is 15.1. The molecule has 6 heteroatoms. The van der Waals surface area contributed by atoms with Crippen LogP contribution in [0.2, 0.25) is 0 Å². The summed E-state index contributed by atoms with van der Waals surface area (Å²) < 4.78 is 34.3. The van der Waals surface area contributed by atoms with Gasteiger partial charge in [-0.3, -0.25) is 4.79 Å². The number of halogens is 2.